The topological polar surface area (TPSA) is 41.9 Å². The maximum absolute atomic E-state index is 8.52. The largest absolute Gasteiger partial charge is 0.394 e. The Kier molecular flexibility index (Phi) is 9.29. The fourth-order valence-corrected chi connectivity index (χ4v) is 1.15. The molecule has 1 atom stereocenters. The molecule has 0 fully saturated rings. The van der Waals surface area contributed by atoms with E-state index < -0.39 is 0 Å². The van der Waals surface area contributed by atoms with Crippen molar-refractivity contribution in [3.05, 3.63) is 0 Å². The quantitative estimate of drug-likeness (QED) is 0.563. The van der Waals surface area contributed by atoms with Crippen LogP contribution in [0.15, 0.2) is 0 Å². The fraction of sp³-hybridized carbons (Fsp3) is 1.00. The summed E-state index contributed by atoms with van der Waals surface area (Å²) in [7, 11) is 0. The zero-order valence-corrected chi connectivity index (χ0v) is 9.53. The highest BCUT2D eigenvalue weighted by molar-refractivity contribution is 4.50. The highest BCUT2D eigenvalue weighted by Gasteiger charge is 2.03. The van der Waals surface area contributed by atoms with E-state index in [1.54, 1.807) is 0 Å². The van der Waals surface area contributed by atoms with Crippen LogP contribution in [-0.2, 0) is 9.47 Å². The van der Waals surface area contributed by atoms with Gasteiger partial charge in [0.2, 0.25) is 0 Å². The summed E-state index contributed by atoms with van der Waals surface area (Å²) in [5, 5.41) is 8.52. The van der Waals surface area contributed by atoms with E-state index in [4.69, 9.17) is 14.6 Å². The third-order valence-electron chi connectivity index (χ3n) is 2.10. The molecule has 0 radical (unpaired) electrons. The zero-order valence-electron chi connectivity index (χ0n) is 9.53. The number of nitrogens with zero attached hydrogens (tertiary/aromatic N) is 1. The van der Waals surface area contributed by atoms with Crippen LogP contribution in [0.3, 0.4) is 0 Å². The molecule has 0 saturated carbocycles. The molecule has 0 rings (SSSR count). The SMILES string of the molecule is CCN(CC)CCOC(C)OCCO. The van der Waals surface area contributed by atoms with Gasteiger partial charge in [-0.3, -0.25) is 0 Å². The van der Waals surface area contributed by atoms with Gasteiger partial charge in [-0.25, -0.2) is 0 Å². The van der Waals surface area contributed by atoms with E-state index in [2.05, 4.69) is 18.7 Å². The fourth-order valence-electron chi connectivity index (χ4n) is 1.15. The lowest BCUT2D eigenvalue weighted by Crippen LogP contribution is -2.29. The number of hydrogen-bond acceptors (Lipinski definition) is 4. The van der Waals surface area contributed by atoms with Crippen LogP contribution in [-0.4, -0.2) is 55.8 Å². The number of ether oxygens (including phenoxy) is 2. The summed E-state index contributed by atoms with van der Waals surface area (Å²) in [6.07, 6.45) is -0.224. The van der Waals surface area contributed by atoms with Gasteiger partial charge in [0.15, 0.2) is 6.29 Å². The molecule has 86 valence electrons. The van der Waals surface area contributed by atoms with Gasteiger partial charge in [0.1, 0.15) is 0 Å². The van der Waals surface area contributed by atoms with Gasteiger partial charge in [-0.15, -0.1) is 0 Å². The maximum Gasteiger partial charge on any atom is 0.154 e. The van der Waals surface area contributed by atoms with Crippen LogP contribution in [0.4, 0.5) is 0 Å². The summed E-state index contributed by atoms with van der Waals surface area (Å²) in [5.41, 5.74) is 0. The standard InChI is InChI=1S/C10H23NO3/c1-4-11(5-2)6-8-13-10(3)14-9-7-12/h10,12H,4-9H2,1-3H3. The number of rotatable bonds is 9. The molecule has 0 aliphatic carbocycles. The lowest BCUT2D eigenvalue weighted by Gasteiger charge is -2.19. The molecule has 0 aromatic heterocycles. The molecule has 0 spiro atoms. The third kappa shape index (κ3) is 7.26. The van der Waals surface area contributed by atoms with Gasteiger partial charge in [-0.05, 0) is 20.0 Å². The first-order chi connectivity index (χ1) is 6.74. The van der Waals surface area contributed by atoms with Gasteiger partial charge in [-0.2, -0.15) is 0 Å². The van der Waals surface area contributed by atoms with E-state index in [0.29, 0.717) is 13.2 Å². The first kappa shape index (κ1) is 13.8. The zero-order chi connectivity index (χ0) is 10.8. The average molecular weight is 205 g/mol. The van der Waals surface area contributed by atoms with Crippen LogP contribution in [0.2, 0.25) is 0 Å². The lowest BCUT2D eigenvalue weighted by atomic mass is 10.5. The highest BCUT2D eigenvalue weighted by atomic mass is 16.7. The normalized spacial score (nSPS) is 13.5. The van der Waals surface area contributed by atoms with Gasteiger partial charge in [0.05, 0.1) is 19.8 Å². The Balaban J connectivity index is 3.33. The minimum atomic E-state index is -0.224. The molecule has 1 unspecified atom stereocenters. The van der Waals surface area contributed by atoms with Crippen molar-refractivity contribution in [2.24, 2.45) is 0 Å². The lowest BCUT2D eigenvalue weighted by molar-refractivity contribution is -0.138. The average Bonchev–Trinajstić information content (AvgIpc) is 2.21. The Bertz CT molecular complexity index is 118. The molecular weight excluding hydrogens is 182 g/mol. The maximum atomic E-state index is 8.52. The Labute approximate surface area is 86.8 Å². The van der Waals surface area contributed by atoms with Crippen LogP contribution in [0.25, 0.3) is 0 Å². The smallest absolute Gasteiger partial charge is 0.154 e. The summed E-state index contributed by atoms with van der Waals surface area (Å²) in [5.74, 6) is 0. The van der Waals surface area contributed by atoms with Crippen molar-refractivity contribution in [1.29, 1.82) is 0 Å². The highest BCUT2D eigenvalue weighted by Crippen LogP contribution is 1.94. The molecular formula is C10H23NO3. The minimum Gasteiger partial charge on any atom is -0.394 e. The summed E-state index contributed by atoms with van der Waals surface area (Å²) in [6, 6.07) is 0. The van der Waals surface area contributed by atoms with Gasteiger partial charge in [0.25, 0.3) is 0 Å². The van der Waals surface area contributed by atoms with Crippen molar-refractivity contribution in [1.82, 2.24) is 4.90 Å². The molecule has 4 heteroatoms. The van der Waals surface area contributed by atoms with Crippen molar-refractivity contribution in [2.75, 3.05) is 39.5 Å². The van der Waals surface area contributed by atoms with Gasteiger partial charge in [-0.1, -0.05) is 13.8 Å². The molecule has 0 aromatic carbocycles. The number of aliphatic hydroxyl groups is 1. The van der Waals surface area contributed by atoms with Crippen molar-refractivity contribution < 1.29 is 14.6 Å². The van der Waals surface area contributed by atoms with Crippen molar-refractivity contribution >= 4 is 0 Å². The van der Waals surface area contributed by atoms with Gasteiger partial charge < -0.3 is 19.5 Å². The predicted octanol–water partition coefficient (Wildman–Crippen LogP) is 0.700. The van der Waals surface area contributed by atoms with Gasteiger partial charge >= 0.3 is 0 Å². The molecule has 0 aromatic rings. The van der Waals surface area contributed by atoms with Crippen LogP contribution in [0, 0.1) is 0 Å². The van der Waals surface area contributed by atoms with Crippen LogP contribution in [0.5, 0.6) is 0 Å². The van der Waals surface area contributed by atoms with Crippen LogP contribution < -0.4 is 0 Å². The Morgan fingerprint density at radius 1 is 1.14 bits per heavy atom. The molecule has 0 aliphatic rings. The first-order valence-electron chi connectivity index (χ1n) is 5.31. The van der Waals surface area contributed by atoms with E-state index in [-0.39, 0.29) is 12.9 Å². The molecule has 0 saturated heterocycles. The van der Waals surface area contributed by atoms with E-state index in [1.165, 1.54) is 0 Å². The molecule has 0 heterocycles. The van der Waals surface area contributed by atoms with Gasteiger partial charge in [0, 0.05) is 6.54 Å². The molecule has 14 heavy (non-hydrogen) atoms. The van der Waals surface area contributed by atoms with E-state index >= 15 is 0 Å². The van der Waals surface area contributed by atoms with Crippen molar-refractivity contribution in [3.63, 3.8) is 0 Å². The summed E-state index contributed by atoms with van der Waals surface area (Å²) >= 11 is 0. The Hall–Kier alpha value is -0.160. The van der Waals surface area contributed by atoms with E-state index in [0.717, 1.165) is 19.6 Å². The summed E-state index contributed by atoms with van der Waals surface area (Å²) in [6.45, 7) is 10.2. The van der Waals surface area contributed by atoms with E-state index in [9.17, 15) is 0 Å². The molecule has 0 aliphatic heterocycles. The first-order valence-corrected chi connectivity index (χ1v) is 5.31. The molecule has 0 amide bonds. The third-order valence-corrected chi connectivity index (χ3v) is 2.10. The van der Waals surface area contributed by atoms with Crippen LogP contribution >= 0.6 is 0 Å². The van der Waals surface area contributed by atoms with Crippen molar-refractivity contribution in [3.8, 4) is 0 Å². The number of aliphatic hydroxyl groups excluding tert-OH is 1. The Morgan fingerprint density at radius 2 is 1.71 bits per heavy atom. The minimum absolute atomic E-state index is 0.0454. The number of hydrogen-bond donors (Lipinski definition) is 1. The Morgan fingerprint density at radius 3 is 2.21 bits per heavy atom. The molecule has 0 bridgehead atoms. The van der Waals surface area contributed by atoms with Crippen molar-refractivity contribution in [2.45, 2.75) is 27.1 Å². The van der Waals surface area contributed by atoms with Crippen LogP contribution in [0.1, 0.15) is 20.8 Å². The second-order valence-corrected chi connectivity index (χ2v) is 3.06. The summed E-state index contributed by atoms with van der Waals surface area (Å²) in [4.78, 5) is 2.29. The predicted molar refractivity (Wildman–Crippen MR) is 56.2 cm³/mol. The van der Waals surface area contributed by atoms with E-state index in [1.807, 2.05) is 6.92 Å². The number of likely N-dealkylation sites (N-methyl/N-ethyl adjacent to an activating group) is 1. The summed E-state index contributed by atoms with van der Waals surface area (Å²) < 4.78 is 10.6. The molecule has 1 N–H and O–H groups in total. The second kappa shape index (κ2) is 9.40. The second-order valence-electron chi connectivity index (χ2n) is 3.06. The monoisotopic (exact) mass is 205 g/mol. The molecule has 4 nitrogen and oxygen atoms in total.